The lowest BCUT2D eigenvalue weighted by Crippen LogP contribution is -2.46. The molecule has 1 amide bonds. The molecule has 1 saturated carbocycles. The van der Waals surface area contributed by atoms with E-state index in [-0.39, 0.29) is 17.1 Å². The number of hydrogen-bond donors (Lipinski definition) is 1. The van der Waals surface area contributed by atoms with Gasteiger partial charge in [0.15, 0.2) is 5.54 Å². The van der Waals surface area contributed by atoms with Crippen LogP contribution in [0, 0.1) is 0 Å². The number of carbonyl (C=O) groups excluding carboxylic acids is 2. The number of ether oxygens (including phenoxy) is 1. The first-order chi connectivity index (χ1) is 12.2. The van der Waals surface area contributed by atoms with Crippen LogP contribution in [0.3, 0.4) is 0 Å². The van der Waals surface area contributed by atoms with Crippen molar-refractivity contribution in [1.82, 2.24) is 5.32 Å². The zero-order valence-corrected chi connectivity index (χ0v) is 14.9. The Morgan fingerprint density at radius 2 is 1.76 bits per heavy atom. The van der Waals surface area contributed by atoms with E-state index in [1.807, 2.05) is 24.3 Å². The van der Waals surface area contributed by atoms with Crippen molar-refractivity contribution in [2.45, 2.75) is 29.9 Å². The molecule has 1 fully saturated rings. The van der Waals surface area contributed by atoms with Crippen LogP contribution in [0.4, 0.5) is 0 Å². The summed E-state index contributed by atoms with van der Waals surface area (Å²) in [4.78, 5) is 25.0. The van der Waals surface area contributed by atoms with E-state index in [9.17, 15) is 9.59 Å². The third-order valence-corrected chi connectivity index (χ3v) is 5.67. The lowest BCUT2D eigenvalue weighted by molar-refractivity contribution is -0.146. The van der Waals surface area contributed by atoms with E-state index in [1.54, 1.807) is 43.0 Å². The summed E-state index contributed by atoms with van der Waals surface area (Å²) < 4.78 is 5.22. The maximum absolute atomic E-state index is 12.5. The third kappa shape index (κ3) is 4.04. The molecule has 1 N–H and O–H groups in total. The van der Waals surface area contributed by atoms with Crippen molar-refractivity contribution in [3.63, 3.8) is 0 Å². The number of benzene rings is 2. The van der Waals surface area contributed by atoms with Crippen LogP contribution in [0.25, 0.3) is 0 Å². The first-order valence-electron chi connectivity index (χ1n) is 8.36. The Kier molecular flexibility index (Phi) is 5.43. The van der Waals surface area contributed by atoms with E-state index in [0.717, 1.165) is 5.75 Å². The van der Waals surface area contributed by atoms with Gasteiger partial charge in [0.25, 0.3) is 5.91 Å². The molecule has 3 rings (SSSR count). The SMILES string of the molecule is CCOC(=O)[C@@]1(NC(=O)c2ccccc2)C[C@@H]1SCc1ccccc1. The Morgan fingerprint density at radius 1 is 1.12 bits per heavy atom. The summed E-state index contributed by atoms with van der Waals surface area (Å²) in [6.07, 6.45) is 0.599. The van der Waals surface area contributed by atoms with E-state index >= 15 is 0 Å². The molecule has 130 valence electrons. The van der Waals surface area contributed by atoms with E-state index in [4.69, 9.17) is 4.74 Å². The van der Waals surface area contributed by atoms with Crippen LogP contribution in [0.5, 0.6) is 0 Å². The van der Waals surface area contributed by atoms with Crippen LogP contribution in [-0.2, 0) is 15.3 Å². The average molecular weight is 355 g/mol. The van der Waals surface area contributed by atoms with Gasteiger partial charge in [0.2, 0.25) is 0 Å². The van der Waals surface area contributed by atoms with Gasteiger partial charge in [0, 0.05) is 16.6 Å². The number of rotatable bonds is 7. The Hall–Kier alpha value is -2.27. The molecular weight excluding hydrogens is 334 g/mol. The van der Waals surface area contributed by atoms with Crippen LogP contribution in [0.1, 0.15) is 29.3 Å². The average Bonchev–Trinajstić information content (AvgIpc) is 3.36. The molecule has 1 aliphatic carbocycles. The second-order valence-corrected chi connectivity index (χ2v) is 7.19. The minimum absolute atomic E-state index is 0.0272. The van der Waals surface area contributed by atoms with E-state index in [2.05, 4.69) is 17.4 Å². The quantitative estimate of drug-likeness (QED) is 0.773. The predicted octanol–water partition coefficient (Wildman–Crippen LogP) is 3.42. The normalized spacial score (nSPS) is 21.4. The second-order valence-electron chi connectivity index (χ2n) is 6.00. The minimum Gasteiger partial charge on any atom is -0.464 e. The van der Waals surface area contributed by atoms with Crippen LogP contribution in [0.15, 0.2) is 60.7 Å². The summed E-state index contributed by atoms with van der Waals surface area (Å²) in [7, 11) is 0. The number of esters is 1. The predicted molar refractivity (Wildman–Crippen MR) is 99.4 cm³/mol. The fourth-order valence-corrected chi connectivity index (χ4v) is 4.13. The topological polar surface area (TPSA) is 55.4 Å². The van der Waals surface area contributed by atoms with Gasteiger partial charge in [-0.3, -0.25) is 4.79 Å². The smallest absolute Gasteiger partial charge is 0.333 e. The first kappa shape index (κ1) is 17.5. The molecule has 4 nitrogen and oxygen atoms in total. The van der Waals surface area contributed by atoms with Gasteiger partial charge in [-0.25, -0.2) is 4.79 Å². The highest BCUT2D eigenvalue weighted by molar-refractivity contribution is 7.99. The fraction of sp³-hybridized carbons (Fsp3) is 0.300. The van der Waals surface area contributed by atoms with Crippen molar-refractivity contribution in [2.24, 2.45) is 0 Å². The molecule has 2 atom stereocenters. The zero-order chi connectivity index (χ0) is 17.7. The molecule has 0 heterocycles. The monoisotopic (exact) mass is 355 g/mol. The number of thioether (sulfide) groups is 1. The van der Waals surface area contributed by atoms with Crippen molar-refractivity contribution in [3.8, 4) is 0 Å². The number of amides is 1. The molecule has 0 aromatic heterocycles. The zero-order valence-electron chi connectivity index (χ0n) is 14.1. The summed E-state index contributed by atoms with van der Waals surface area (Å²) in [6, 6.07) is 19.0. The molecule has 2 aromatic rings. The summed E-state index contributed by atoms with van der Waals surface area (Å²) in [6.45, 7) is 2.08. The van der Waals surface area contributed by atoms with Gasteiger partial charge in [0.1, 0.15) is 0 Å². The van der Waals surface area contributed by atoms with Crippen molar-refractivity contribution < 1.29 is 14.3 Å². The molecular formula is C20H21NO3S. The summed E-state index contributed by atoms with van der Waals surface area (Å²) in [5.74, 6) is 0.217. The maximum atomic E-state index is 12.5. The lowest BCUT2D eigenvalue weighted by atomic mass is 10.2. The van der Waals surface area contributed by atoms with E-state index in [0.29, 0.717) is 18.6 Å². The van der Waals surface area contributed by atoms with Crippen LogP contribution >= 0.6 is 11.8 Å². The summed E-state index contributed by atoms with van der Waals surface area (Å²) >= 11 is 1.68. The van der Waals surface area contributed by atoms with Crippen LogP contribution in [0.2, 0.25) is 0 Å². The highest BCUT2D eigenvalue weighted by Gasteiger charge is 2.62. The highest BCUT2D eigenvalue weighted by Crippen LogP contribution is 2.48. The van der Waals surface area contributed by atoms with Gasteiger partial charge in [0.05, 0.1) is 6.61 Å². The fourth-order valence-electron chi connectivity index (χ4n) is 2.73. The van der Waals surface area contributed by atoms with Gasteiger partial charge in [-0.2, -0.15) is 11.8 Å². The van der Waals surface area contributed by atoms with E-state index in [1.165, 1.54) is 5.56 Å². The van der Waals surface area contributed by atoms with E-state index < -0.39 is 5.54 Å². The molecule has 0 saturated heterocycles. The molecule has 0 spiro atoms. The number of hydrogen-bond acceptors (Lipinski definition) is 4. The highest BCUT2D eigenvalue weighted by atomic mass is 32.2. The first-order valence-corrected chi connectivity index (χ1v) is 9.41. The Labute approximate surface area is 152 Å². The molecule has 0 aliphatic heterocycles. The maximum Gasteiger partial charge on any atom is 0.333 e. The van der Waals surface area contributed by atoms with Gasteiger partial charge in [-0.15, -0.1) is 0 Å². The third-order valence-electron chi connectivity index (χ3n) is 4.20. The second kappa shape index (κ2) is 7.74. The van der Waals surface area contributed by atoms with Crippen molar-refractivity contribution in [1.29, 1.82) is 0 Å². The lowest BCUT2D eigenvalue weighted by Gasteiger charge is -2.18. The van der Waals surface area contributed by atoms with Crippen LogP contribution < -0.4 is 5.32 Å². The molecule has 1 aliphatic rings. The number of nitrogens with one attached hydrogen (secondary N) is 1. The van der Waals surface area contributed by atoms with Crippen molar-refractivity contribution in [3.05, 3.63) is 71.8 Å². The molecule has 25 heavy (non-hydrogen) atoms. The van der Waals surface area contributed by atoms with Gasteiger partial charge < -0.3 is 10.1 Å². The Balaban J connectivity index is 1.68. The van der Waals surface area contributed by atoms with Gasteiger partial charge in [-0.1, -0.05) is 48.5 Å². The largest absolute Gasteiger partial charge is 0.464 e. The molecule has 0 bridgehead atoms. The van der Waals surface area contributed by atoms with Crippen molar-refractivity contribution >= 4 is 23.6 Å². The minimum atomic E-state index is -0.914. The molecule has 0 unspecified atom stereocenters. The van der Waals surface area contributed by atoms with Gasteiger partial charge >= 0.3 is 5.97 Å². The molecule has 2 aromatic carbocycles. The van der Waals surface area contributed by atoms with Crippen molar-refractivity contribution in [2.75, 3.05) is 6.61 Å². The van der Waals surface area contributed by atoms with Crippen LogP contribution in [-0.4, -0.2) is 29.3 Å². The number of carbonyl (C=O) groups is 2. The Bertz CT molecular complexity index is 735. The molecule has 5 heteroatoms. The standard InChI is InChI=1S/C20H21NO3S/c1-2-24-19(23)20(21-18(22)16-11-7-4-8-12-16)13-17(20)25-14-15-9-5-3-6-10-15/h3-12,17H,2,13-14H2,1H3,(H,21,22)/t17-,20+/m0/s1. The summed E-state index contributed by atoms with van der Waals surface area (Å²) in [5.41, 5.74) is 0.832. The summed E-state index contributed by atoms with van der Waals surface area (Å²) in [5, 5.41) is 2.95. The van der Waals surface area contributed by atoms with Gasteiger partial charge in [-0.05, 0) is 31.0 Å². The Morgan fingerprint density at radius 3 is 2.40 bits per heavy atom. The molecule has 0 radical (unpaired) electrons.